The second kappa shape index (κ2) is 5.91. The summed E-state index contributed by atoms with van der Waals surface area (Å²) in [4.78, 5) is 0. The van der Waals surface area contributed by atoms with E-state index in [1.54, 1.807) is 0 Å². The lowest BCUT2D eigenvalue weighted by Crippen LogP contribution is -2.42. The van der Waals surface area contributed by atoms with Gasteiger partial charge >= 0.3 is 0 Å². The Kier molecular flexibility index (Phi) is 5.07. The average molecular weight is 235 g/mol. The molecule has 0 spiro atoms. The predicted octanol–water partition coefficient (Wildman–Crippen LogP) is 3.98. The van der Waals surface area contributed by atoms with Crippen LogP contribution in [0, 0.1) is 22.7 Å². The summed E-state index contributed by atoms with van der Waals surface area (Å²) >= 11 is 0. The van der Waals surface area contributed by atoms with Gasteiger partial charge < -0.3 is 5.32 Å². The second-order valence-corrected chi connectivity index (χ2v) is 6.81. The summed E-state index contributed by atoms with van der Waals surface area (Å²) < 4.78 is 0. The minimum absolute atomic E-state index is 0.131. The lowest BCUT2D eigenvalue weighted by Gasteiger charge is -2.40. The van der Waals surface area contributed by atoms with Crippen LogP contribution in [0.4, 0.5) is 0 Å². The highest BCUT2D eigenvalue weighted by molar-refractivity contribution is 5.10. The van der Waals surface area contributed by atoms with Gasteiger partial charge in [-0.25, -0.2) is 0 Å². The Bertz CT molecular complexity index is 281. The van der Waals surface area contributed by atoms with Crippen LogP contribution in [0.3, 0.4) is 0 Å². The van der Waals surface area contributed by atoms with Crippen LogP contribution < -0.4 is 5.32 Å². The van der Waals surface area contributed by atoms with Crippen molar-refractivity contribution >= 4 is 0 Å². The molecule has 0 amide bonds. The van der Waals surface area contributed by atoms with E-state index < -0.39 is 0 Å². The van der Waals surface area contributed by atoms with E-state index in [2.05, 4.69) is 51.9 Å². The van der Waals surface area contributed by atoms with Crippen molar-refractivity contribution in [2.45, 2.75) is 72.3 Å². The summed E-state index contributed by atoms with van der Waals surface area (Å²) in [6.45, 7) is 8.97. The van der Waals surface area contributed by atoms with Gasteiger partial charge in [0.25, 0.3) is 0 Å². The van der Waals surface area contributed by atoms with E-state index in [9.17, 15) is 0 Å². The predicted molar refractivity (Wildman–Crippen MR) is 75.9 cm³/mol. The molecular weight excluding hydrogens is 206 g/mol. The van der Waals surface area contributed by atoms with Gasteiger partial charge in [-0.05, 0) is 46.1 Å². The highest BCUT2D eigenvalue weighted by Crippen LogP contribution is 2.39. The van der Waals surface area contributed by atoms with E-state index in [-0.39, 0.29) is 5.41 Å². The molecule has 1 heteroatoms. The van der Waals surface area contributed by atoms with E-state index in [0.717, 1.165) is 6.42 Å². The number of nitrogens with one attached hydrogen (secondary N) is 1. The zero-order valence-electron chi connectivity index (χ0n) is 12.3. The maximum atomic E-state index is 3.50. The maximum Gasteiger partial charge on any atom is 0.0248 e. The van der Waals surface area contributed by atoms with Crippen LogP contribution in [0.25, 0.3) is 0 Å². The first-order valence-electron chi connectivity index (χ1n) is 7.05. The van der Waals surface area contributed by atoms with E-state index in [1.807, 2.05) is 0 Å². The van der Waals surface area contributed by atoms with Crippen molar-refractivity contribution in [2.75, 3.05) is 7.05 Å². The van der Waals surface area contributed by atoms with Crippen LogP contribution in [-0.4, -0.2) is 13.1 Å². The smallest absolute Gasteiger partial charge is 0.0248 e. The molecule has 1 nitrogen and oxygen atoms in total. The van der Waals surface area contributed by atoms with Crippen molar-refractivity contribution in [3.05, 3.63) is 0 Å². The third-order valence-corrected chi connectivity index (χ3v) is 3.96. The van der Waals surface area contributed by atoms with E-state index in [1.165, 1.54) is 32.1 Å². The summed E-state index contributed by atoms with van der Waals surface area (Å²) in [7, 11) is 2.09. The van der Waals surface area contributed by atoms with Crippen molar-refractivity contribution < 1.29 is 0 Å². The summed E-state index contributed by atoms with van der Waals surface area (Å²) in [5.41, 5.74) is 0.589. The standard InChI is InChI=1S/C16H29N/c1-15(2,3)11-9-10-14(17-5)16(4)12-7-6-8-13-16/h14,17H,6-8,10,12-13H2,1-5H3. The summed E-state index contributed by atoms with van der Waals surface area (Å²) in [5.74, 6) is 6.74. The van der Waals surface area contributed by atoms with Gasteiger partial charge in [0.15, 0.2) is 0 Å². The first kappa shape index (κ1) is 14.6. The highest BCUT2D eigenvalue weighted by atomic mass is 14.9. The quantitative estimate of drug-likeness (QED) is 0.730. The Morgan fingerprint density at radius 3 is 2.24 bits per heavy atom. The van der Waals surface area contributed by atoms with Gasteiger partial charge in [-0.1, -0.05) is 32.1 Å². The molecule has 1 unspecified atom stereocenters. The molecule has 0 aromatic carbocycles. The number of hydrogen-bond donors (Lipinski definition) is 1. The molecule has 1 aliphatic carbocycles. The van der Waals surface area contributed by atoms with E-state index in [0.29, 0.717) is 11.5 Å². The normalized spacial score (nSPS) is 21.5. The molecule has 1 fully saturated rings. The van der Waals surface area contributed by atoms with Crippen molar-refractivity contribution in [3.8, 4) is 11.8 Å². The van der Waals surface area contributed by atoms with Crippen LogP contribution >= 0.6 is 0 Å². The van der Waals surface area contributed by atoms with Crippen LogP contribution in [0.5, 0.6) is 0 Å². The Morgan fingerprint density at radius 2 is 1.76 bits per heavy atom. The molecule has 1 aliphatic rings. The fraction of sp³-hybridized carbons (Fsp3) is 0.875. The zero-order valence-corrected chi connectivity index (χ0v) is 12.3. The lowest BCUT2D eigenvalue weighted by atomic mass is 9.69. The van der Waals surface area contributed by atoms with E-state index in [4.69, 9.17) is 0 Å². The number of rotatable bonds is 3. The average Bonchev–Trinajstić information content (AvgIpc) is 2.23. The maximum absolute atomic E-state index is 3.50. The molecule has 0 radical (unpaired) electrons. The molecule has 0 aromatic heterocycles. The SMILES string of the molecule is CNC(CC#CC(C)(C)C)C1(C)CCCCC1. The molecule has 1 rings (SSSR count). The van der Waals surface area contributed by atoms with Gasteiger partial charge in [-0.15, -0.1) is 5.92 Å². The van der Waals surface area contributed by atoms with E-state index >= 15 is 0 Å². The molecule has 98 valence electrons. The highest BCUT2D eigenvalue weighted by Gasteiger charge is 2.33. The number of hydrogen-bond acceptors (Lipinski definition) is 1. The summed E-state index contributed by atoms with van der Waals surface area (Å²) in [6, 6.07) is 0.553. The first-order valence-corrected chi connectivity index (χ1v) is 7.05. The molecule has 1 saturated carbocycles. The van der Waals surface area contributed by atoms with Gasteiger partial charge in [-0.3, -0.25) is 0 Å². The Morgan fingerprint density at radius 1 is 1.18 bits per heavy atom. The molecule has 1 N–H and O–H groups in total. The van der Waals surface area contributed by atoms with Crippen molar-refractivity contribution in [1.29, 1.82) is 0 Å². The largest absolute Gasteiger partial charge is 0.316 e. The van der Waals surface area contributed by atoms with Gasteiger partial charge in [0.1, 0.15) is 0 Å². The third-order valence-electron chi connectivity index (χ3n) is 3.96. The van der Waals surface area contributed by atoms with Crippen LogP contribution in [0.15, 0.2) is 0 Å². The molecular formula is C16H29N. The van der Waals surface area contributed by atoms with Crippen LogP contribution in [0.2, 0.25) is 0 Å². The first-order chi connectivity index (χ1) is 7.87. The van der Waals surface area contributed by atoms with Crippen molar-refractivity contribution in [2.24, 2.45) is 10.8 Å². The van der Waals surface area contributed by atoms with Gasteiger partial charge in [0.05, 0.1) is 0 Å². The topological polar surface area (TPSA) is 12.0 Å². The molecule has 0 aromatic rings. The fourth-order valence-electron chi connectivity index (χ4n) is 2.82. The molecule has 0 saturated heterocycles. The fourth-order valence-corrected chi connectivity index (χ4v) is 2.82. The summed E-state index contributed by atoms with van der Waals surface area (Å²) in [6.07, 6.45) is 7.90. The van der Waals surface area contributed by atoms with Crippen LogP contribution in [-0.2, 0) is 0 Å². The van der Waals surface area contributed by atoms with Crippen molar-refractivity contribution in [3.63, 3.8) is 0 Å². The Balaban J connectivity index is 2.60. The van der Waals surface area contributed by atoms with Crippen molar-refractivity contribution in [1.82, 2.24) is 5.32 Å². The molecule has 0 aliphatic heterocycles. The molecule has 0 heterocycles. The minimum Gasteiger partial charge on any atom is -0.316 e. The van der Waals surface area contributed by atoms with Gasteiger partial charge in [0.2, 0.25) is 0 Å². The Hall–Kier alpha value is -0.480. The molecule has 0 bridgehead atoms. The zero-order chi connectivity index (χ0) is 12.9. The minimum atomic E-state index is 0.131. The Labute approximate surface area is 108 Å². The third kappa shape index (κ3) is 4.72. The second-order valence-electron chi connectivity index (χ2n) is 6.81. The van der Waals surface area contributed by atoms with Gasteiger partial charge in [0, 0.05) is 17.9 Å². The molecule has 1 atom stereocenters. The molecule has 17 heavy (non-hydrogen) atoms. The summed E-state index contributed by atoms with van der Waals surface area (Å²) in [5, 5.41) is 3.50. The monoisotopic (exact) mass is 235 g/mol. The lowest BCUT2D eigenvalue weighted by molar-refractivity contribution is 0.152. The van der Waals surface area contributed by atoms with Crippen LogP contribution in [0.1, 0.15) is 66.2 Å². The van der Waals surface area contributed by atoms with Gasteiger partial charge in [-0.2, -0.15) is 0 Å².